The molecule has 0 heterocycles. The van der Waals surface area contributed by atoms with Gasteiger partial charge in [0.15, 0.2) is 0 Å². The molecule has 0 unspecified atom stereocenters. The SMILES string of the molecule is C[Si](C)(C)c1cc(C(F)(F)F)c(Br)c([Si](C)(C)C)c1. The van der Waals surface area contributed by atoms with Crippen molar-refractivity contribution in [1.29, 1.82) is 0 Å². The van der Waals surface area contributed by atoms with E-state index in [1.54, 1.807) is 0 Å². The van der Waals surface area contributed by atoms with E-state index < -0.39 is 27.9 Å². The first kappa shape index (κ1) is 17.0. The molecule has 0 saturated carbocycles. The second-order valence-corrected chi connectivity index (χ2v) is 17.8. The van der Waals surface area contributed by atoms with Gasteiger partial charge in [0.25, 0.3) is 0 Å². The fourth-order valence-electron chi connectivity index (χ4n) is 1.81. The third-order valence-electron chi connectivity index (χ3n) is 3.05. The first-order chi connectivity index (χ1) is 8.24. The standard InChI is InChI=1S/C13H20BrF3Si2/c1-18(2,3)9-7-10(13(15,16)17)12(14)11(8-9)19(4,5)6/h7-8H,1-6H3. The van der Waals surface area contributed by atoms with Gasteiger partial charge in [0.05, 0.1) is 21.7 Å². The van der Waals surface area contributed by atoms with E-state index in [4.69, 9.17) is 0 Å². The van der Waals surface area contributed by atoms with E-state index in [1.165, 1.54) is 6.07 Å². The maximum absolute atomic E-state index is 13.2. The summed E-state index contributed by atoms with van der Waals surface area (Å²) in [5.41, 5.74) is -0.523. The number of alkyl halides is 3. The average molecular weight is 369 g/mol. The lowest BCUT2D eigenvalue weighted by Gasteiger charge is -2.26. The smallest absolute Gasteiger partial charge is 0.166 e. The number of benzene rings is 1. The minimum absolute atomic E-state index is 0.237. The van der Waals surface area contributed by atoms with Crippen molar-refractivity contribution in [1.82, 2.24) is 0 Å². The normalized spacial score (nSPS) is 13.8. The van der Waals surface area contributed by atoms with E-state index in [2.05, 4.69) is 55.2 Å². The zero-order valence-corrected chi connectivity index (χ0v) is 15.8. The molecule has 1 rings (SSSR count). The Balaban J connectivity index is 3.68. The van der Waals surface area contributed by atoms with E-state index in [1.807, 2.05) is 6.07 Å². The molecule has 0 spiro atoms. The predicted octanol–water partition coefficient (Wildman–Crippen LogP) is 4.56. The third-order valence-corrected chi connectivity index (χ3v) is 8.30. The lowest BCUT2D eigenvalue weighted by Crippen LogP contribution is -2.46. The molecule has 0 N–H and O–H groups in total. The number of rotatable bonds is 2. The molecule has 0 radical (unpaired) electrons. The molecule has 19 heavy (non-hydrogen) atoms. The van der Waals surface area contributed by atoms with Crippen LogP contribution in [-0.2, 0) is 6.18 Å². The molecule has 0 nitrogen and oxygen atoms in total. The van der Waals surface area contributed by atoms with Crippen LogP contribution in [0.5, 0.6) is 0 Å². The van der Waals surface area contributed by atoms with Crippen LogP contribution >= 0.6 is 15.9 Å². The van der Waals surface area contributed by atoms with Gasteiger partial charge in [-0.1, -0.05) is 66.5 Å². The van der Waals surface area contributed by atoms with Crippen LogP contribution in [0, 0.1) is 0 Å². The number of hydrogen-bond donors (Lipinski definition) is 0. The largest absolute Gasteiger partial charge is 0.417 e. The van der Waals surface area contributed by atoms with Crippen molar-refractivity contribution in [3.05, 3.63) is 22.2 Å². The van der Waals surface area contributed by atoms with Crippen molar-refractivity contribution in [3.63, 3.8) is 0 Å². The molecule has 108 valence electrons. The van der Waals surface area contributed by atoms with E-state index in [9.17, 15) is 13.2 Å². The minimum Gasteiger partial charge on any atom is -0.166 e. The van der Waals surface area contributed by atoms with Crippen molar-refractivity contribution >= 4 is 42.5 Å². The molecule has 0 fully saturated rings. The fourth-order valence-corrected chi connectivity index (χ4v) is 6.73. The highest BCUT2D eigenvalue weighted by Gasteiger charge is 2.37. The molecule has 1 aromatic rings. The Kier molecular flexibility index (Phi) is 4.50. The van der Waals surface area contributed by atoms with Gasteiger partial charge in [-0.05, 0) is 11.3 Å². The summed E-state index contributed by atoms with van der Waals surface area (Å²) in [6.45, 7) is 12.4. The van der Waals surface area contributed by atoms with Crippen LogP contribution < -0.4 is 10.4 Å². The minimum atomic E-state index is -4.30. The van der Waals surface area contributed by atoms with Gasteiger partial charge < -0.3 is 0 Å². The first-order valence-corrected chi connectivity index (χ1v) is 14.0. The summed E-state index contributed by atoms with van der Waals surface area (Å²) in [5, 5.41) is 1.74. The quantitative estimate of drug-likeness (QED) is 0.671. The highest BCUT2D eigenvalue weighted by Crippen LogP contribution is 2.34. The van der Waals surface area contributed by atoms with Gasteiger partial charge in [0.2, 0.25) is 0 Å². The van der Waals surface area contributed by atoms with Crippen molar-refractivity contribution < 1.29 is 13.2 Å². The first-order valence-electron chi connectivity index (χ1n) is 6.16. The van der Waals surface area contributed by atoms with Crippen LogP contribution in [0.25, 0.3) is 0 Å². The van der Waals surface area contributed by atoms with Crippen LogP contribution in [0.1, 0.15) is 5.56 Å². The van der Waals surface area contributed by atoms with Gasteiger partial charge in [0.1, 0.15) is 0 Å². The topological polar surface area (TPSA) is 0 Å². The lowest BCUT2D eigenvalue weighted by atomic mass is 10.2. The summed E-state index contributed by atoms with van der Waals surface area (Å²) in [5.74, 6) is 0. The molecule has 0 atom stereocenters. The molecule has 0 aliphatic heterocycles. The van der Waals surface area contributed by atoms with Gasteiger partial charge in [-0.3, -0.25) is 0 Å². The van der Waals surface area contributed by atoms with Gasteiger partial charge in [-0.2, -0.15) is 13.2 Å². The van der Waals surface area contributed by atoms with Crippen molar-refractivity contribution in [2.24, 2.45) is 0 Å². The molecular weight excluding hydrogens is 349 g/mol. The molecular formula is C13H20BrF3Si2. The summed E-state index contributed by atoms with van der Waals surface area (Å²) in [6.07, 6.45) is -4.30. The Morgan fingerprint density at radius 2 is 1.37 bits per heavy atom. The van der Waals surface area contributed by atoms with Crippen LogP contribution in [-0.4, -0.2) is 16.1 Å². The van der Waals surface area contributed by atoms with Crippen molar-refractivity contribution in [2.45, 2.75) is 45.5 Å². The Morgan fingerprint density at radius 3 is 1.68 bits per heavy atom. The summed E-state index contributed by atoms with van der Waals surface area (Å²) < 4.78 is 39.8. The van der Waals surface area contributed by atoms with Crippen LogP contribution in [0.3, 0.4) is 0 Å². The Labute approximate surface area is 123 Å². The summed E-state index contributed by atoms with van der Waals surface area (Å²) in [4.78, 5) is 0. The summed E-state index contributed by atoms with van der Waals surface area (Å²) in [6, 6.07) is 3.33. The number of halogens is 4. The van der Waals surface area contributed by atoms with Crippen molar-refractivity contribution in [2.75, 3.05) is 0 Å². The molecule has 6 heteroatoms. The molecule has 0 aliphatic carbocycles. The fraction of sp³-hybridized carbons (Fsp3) is 0.538. The van der Waals surface area contributed by atoms with Gasteiger partial charge in [-0.25, -0.2) is 0 Å². The van der Waals surface area contributed by atoms with E-state index >= 15 is 0 Å². The second kappa shape index (κ2) is 5.04. The monoisotopic (exact) mass is 368 g/mol. The predicted molar refractivity (Wildman–Crippen MR) is 85.1 cm³/mol. The van der Waals surface area contributed by atoms with E-state index in [0.29, 0.717) is 0 Å². The maximum atomic E-state index is 13.2. The Hall–Kier alpha value is -0.0762. The van der Waals surface area contributed by atoms with Gasteiger partial charge >= 0.3 is 6.18 Å². The average Bonchev–Trinajstić information content (AvgIpc) is 2.11. The Bertz CT molecular complexity index is 447. The van der Waals surface area contributed by atoms with Gasteiger partial charge in [0, 0.05) is 4.47 Å². The lowest BCUT2D eigenvalue weighted by molar-refractivity contribution is -0.138. The van der Waals surface area contributed by atoms with E-state index in [0.717, 1.165) is 10.4 Å². The molecule has 0 saturated heterocycles. The van der Waals surface area contributed by atoms with Crippen LogP contribution in [0.2, 0.25) is 39.3 Å². The highest BCUT2D eigenvalue weighted by molar-refractivity contribution is 9.10. The van der Waals surface area contributed by atoms with Crippen LogP contribution in [0.15, 0.2) is 16.6 Å². The third kappa shape index (κ3) is 3.95. The molecule has 0 amide bonds. The summed E-state index contributed by atoms with van der Waals surface area (Å²) in [7, 11) is -3.60. The zero-order chi connectivity index (χ0) is 15.2. The second-order valence-electron chi connectivity index (χ2n) is 6.88. The van der Waals surface area contributed by atoms with Crippen molar-refractivity contribution in [3.8, 4) is 0 Å². The number of hydrogen-bond acceptors (Lipinski definition) is 0. The maximum Gasteiger partial charge on any atom is 0.417 e. The van der Waals surface area contributed by atoms with E-state index in [-0.39, 0.29) is 4.47 Å². The summed E-state index contributed by atoms with van der Waals surface area (Å²) >= 11 is 3.18. The zero-order valence-electron chi connectivity index (χ0n) is 12.2. The molecule has 0 aromatic heterocycles. The van der Waals surface area contributed by atoms with Crippen LogP contribution in [0.4, 0.5) is 13.2 Å². The molecule has 0 aliphatic rings. The highest BCUT2D eigenvalue weighted by atomic mass is 79.9. The van der Waals surface area contributed by atoms with Gasteiger partial charge in [-0.15, -0.1) is 0 Å². The molecule has 0 bridgehead atoms. The molecule has 1 aromatic carbocycles. The Morgan fingerprint density at radius 1 is 0.895 bits per heavy atom.